The highest BCUT2D eigenvalue weighted by Gasteiger charge is 2.40. The number of benzene rings is 8. The zero-order valence-corrected chi connectivity index (χ0v) is 32.6. The first-order valence-electron chi connectivity index (χ1n) is 20.3. The van der Waals surface area contributed by atoms with E-state index in [0.717, 1.165) is 55.3 Å². The Morgan fingerprint density at radius 3 is 1.71 bits per heavy atom. The van der Waals surface area contributed by atoms with Crippen molar-refractivity contribution in [1.82, 2.24) is 15.0 Å². The van der Waals surface area contributed by atoms with Crippen LogP contribution in [-0.4, -0.2) is 15.0 Å². The van der Waals surface area contributed by atoms with Crippen LogP contribution in [0.25, 0.3) is 89.5 Å². The van der Waals surface area contributed by atoms with Crippen molar-refractivity contribution in [2.24, 2.45) is 0 Å². The van der Waals surface area contributed by atoms with Crippen molar-refractivity contribution in [3.63, 3.8) is 0 Å². The highest BCUT2D eigenvalue weighted by molar-refractivity contribution is 6.14. The number of furan rings is 1. The Morgan fingerprint density at radius 2 is 1.00 bits per heavy atom. The number of para-hydroxylation sites is 1. The van der Waals surface area contributed by atoms with E-state index in [2.05, 4.69) is 153 Å². The number of hydrogen-bond acceptors (Lipinski definition) is 4. The van der Waals surface area contributed by atoms with Gasteiger partial charge < -0.3 is 4.42 Å². The van der Waals surface area contributed by atoms with E-state index in [4.69, 9.17) is 19.4 Å². The van der Waals surface area contributed by atoms with E-state index in [9.17, 15) is 0 Å². The third-order valence-electron chi connectivity index (χ3n) is 12.6. The minimum absolute atomic E-state index is 0.0183. The minimum atomic E-state index is -0.0879. The number of nitrogens with zero attached hydrogens (tertiary/aromatic N) is 3. The van der Waals surface area contributed by atoms with Gasteiger partial charge in [-0.25, -0.2) is 15.0 Å². The molecular formula is C55H37N3O. The second-order valence-electron chi connectivity index (χ2n) is 16.3. The van der Waals surface area contributed by atoms with Gasteiger partial charge in [-0.2, -0.15) is 0 Å². The lowest BCUT2D eigenvalue weighted by Gasteiger charge is -2.22. The molecule has 0 fully saturated rings. The molecule has 0 N–H and O–H groups in total. The van der Waals surface area contributed by atoms with Gasteiger partial charge in [0.15, 0.2) is 17.5 Å². The maximum atomic E-state index is 7.19. The average molecular weight is 756 g/mol. The fourth-order valence-corrected chi connectivity index (χ4v) is 9.81. The average Bonchev–Trinajstić information content (AvgIpc) is 3.91. The zero-order valence-electron chi connectivity index (χ0n) is 32.6. The highest BCUT2D eigenvalue weighted by Crippen LogP contribution is 2.56. The van der Waals surface area contributed by atoms with Crippen molar-refractivity contribution in [1.29, 1.82) is 0 Å². The van der Waals surface area contributed by atoms with E-state index < -0.39 is 0 Å². The largest absolute Gasteiger partial charge is 0.456 e. The third-order valence-corrected chi connectivity index (χ3v) is 12.6. The molecule has 2 heterocycles. The van der Waals surface area contributed by atoms with Crippen LogP contribution in [0.1, 0.15) is 47.6 Å². The van der Waals surface area contributed by atoms with Crippen LogP contribution in [0.5, 0.6) is 0 Å². The first-order chi connectivity index (χ1) is 29.0. The van der Waals surface area contributed by atoms with Crippen molar-refractivity contribution < 1.29 is 4.42 Å². The quantitative estimate of drug-likeness (QED) is 0.176. The van der Waals surface area contributed by atoms with Gasteiger partial charge >= 0.3 is 0 Å². The SMILES string of the molecule is CC1(C)c2ccccc2-c2cc3c(cc21)-c1ccccc1C3c1cccc2c1oc1cc(-c3ccccc3)cc(-c3nc(-c4ccccc4)nc(-c4ccccc4)n3)c12. The van der Waals surface area contributed by atoms with Gasteiger partial charge in [0.2, 0.25) is 0 Å². The van der Waals surface area contributed by atoms with Crippen LogP contribution in [0, 0.1) is 0 Å². The van der Waals surface area contributed by atoms with Crippen LogP contribution in [-0.2, 0) is 5.41 Å². The molecule has 0 saturated carbocycles. The Kier molecular flexibility index (Phi) is 7.30. The molecule has 2 aliphatic rings. The summed E-state index contributed by atoms with van der Waals surface area (Å²) in [5.74, 6) is 1.83. The molecule has 2 aromatic heterocycles. The standard InChI is InChI=1S/C55H37N3O/c1-55(2)46-28-15-14-24-38(46)43-31-44-42(32-47(43)55)37-23-12-13-25-39(37)49(44)40-26-16-27-41-50-45(29-36(30-48(50)59-51(40)41)33-17-6-3-7-18-33)54-57-52(34-19-8-4-9-20-34)56-53(58-54)35-21-10-5-11-22-35/h3-32,49H,1-2H3. The van der Waals surface area contributed by atoms with Crippen molar-refractivity contribution in [2.75, 3.05) is 0 Å². The van der Waals surface area contributed by atoms with Gasteiger partial charge in [0.1, 0.15) is 11.2 Å². The smallest absolute Gasteiger partial charge is 0.164 e. The monoisotopic (exact) mass is 755 g/mol. The Bertz CT molecular complexity index is 3240. The molecule has 0 radical (unpaired) electrons. The van der Waals surface area contributed by atoms with Crippen LogP contribution >= 0.6 is 0 Å². The molecular weight excluding hydrogens is 719 g/mol. The molecule has 1 unspecified atom stereocenters. The summed E-state index contributed by atoms with van der Waals surface area (Å²) in [5, 5.41) is 2.02. The number of rotatable bonds is 5. The number of fused-ring (bicyclic) bond motifs is 9. The van der Waals surface area contributed by atoms with Crippen molar-refractivity contribution in [3.05, 3.63) is 210 Å². The van der Waals surface area contributed by atoms with Crippen molar-refractivity contribution in [3.8, 4) is 67.5 Å². The fourth-order valence-electron chi connectivity index (χ4n) is 9.81. The predicted octanol–water partition coefficient (Wildman–Crippen LogP) is 13.9. The van der Waals surface area contributed by atoms with Crippen LogP contribution in [0.2, 0.25) is 0 Å². The molecule has 0 amide bonds. The summed E-state index contributed by atoms with van der Waals surface area (Å²) in [7, 11) is 0. The lowest BCUT2D eigenvalue weighted by Crippen LogP contribution is -2.15. The molecule has 0 saturated heterocycles. The molecule has 12 rings (SSSR count). The Balaban J connectivity index is 1.13. The third kappa shape index (κ3) is 5.12. The topological polar surface area (TPSA) is 51.8 Å². The maximum absolute atomic E-state index is 7.19. The van der Waals surface area contributed by atoms with Crippen molar-refractivity contribution >= 4 is 21.9 Å². The van der Waals surface area contributed by atoms with Gasteiger partial charge in [-0.1, -0.05) is 172 Å². The number of hydrogen-bond donors (Lipinski definition) is 0. The second-order valence-corrected chi connectivity index (χ2v) is 16.3. The predicted molar refractivity (Wildman–Crippen MR) is 239 cm³/mol. The molecule has 0 bridgehead atoms. The molecule has 59 heavy (non-hydrogen) atoms. The Hall–Kier alpha value is -7.43. The molecule has 0 aliphatic heterocycles. The van der Waals surface area contributed by atoms with Crippen LogP contribution < -0.4 is 0 Å². The molecule has 1 atom stereocenters. The summed E-state index contributed by atoms with van der Waals surface area (Å²) < 4.78 is 7.19. The van der Waals surface area contributed by atoms with Gasteiger partial charge in [-0.05, 0) is 79.9 Å². The van der Waals surface area contributed by atoms with Crippen LogP contribution in [0.4, 0.5) is 0 Å². The summed E-state index contributed by atoms with van der Waals surface area (Å²) in [4.78, 5) is 15.5. The molecule has 0 spiro atoms. The first kappa shape index (κ1) is 33.7. The van der Waals surface area contributed by atoms with E-state index in [1.54, 1.807) is 0 Å². The van der Waals surface area contributed by atoms with Gasteiger partial charge in [-0.3, -0.25) is 0 Å². The minimum Gasteiger partial charge on any atom is -0.456 e. The first-order valence-corrected chi connectivity index (χ1v) is 20.3. The van der Waals surface area contributed by atoms with E-state index in [1.807, 2.05) is 42.5 Å². The normalized spacial score (nSPS) is 14.6. The summed E-state index contributed by atoms with van der Waals surface area (Å²) in [6.07, 6.45) is 0. The van der Waals surface area contributed by atoms with Crippen LogP contribution in [0.15, 0.2) is 186 Å². The number of aromatic nitrogens is 3. The summed E-state index contributed by atoms with van der Waals surface area (Å²) in [6.45, 7) is 4.72. The summed E-state index contributed by atoms with van der Waals surface area (Å²) >= 11 is 0. The van der Waals surface area contributed by atoms with E-state index >= 15 is 0 Å². The second kappa shape index (κ2) is 12.8. The van der Waals surface area contributed by atoms with Crippen molar-refractivity contribution in [2.45, 2.75) is 25.2 Å². The highest BCUT2D eigenvalue weighted by atomic mass is 16.3. The molecule has 2 aliphatic carbocycles. The Morgan fingerprint density at radius 1 is 0.407 bits per heavy atom. The van der Waals surface area contributed by atoms with Crippen LogP contribution in [0.3, 0.4) is 0 Å². The maximum Gasteiger partial charge on any atom is 0.164 e. The molecule has 8 aromatic carbocycles. The van der Waals surface area contributed by atoms with Gasteiger partial charge in [0, 0.05) is 44.4 Å². The fraction of sp³-hybridized carbons (Fsp3) is 0.0727. The molecule has 4 heteroatoms. The Labute approximate surface area is 342 Å². The van der Waals surface area contributed by atoms with Gasteiger partial charge in [0.05, 0.1) is 0 Å². The lowest BCUT2D eigenvalue weighted by molar-refractivity contribution is 0.659. The zero-order chi connectivity index (χ0) is 39.2. The molecule has 278 valence electrons. The van der Waals surface area contributed by atoms with E-state index in [-0.39, 0.29) is 11.3 Å². The molecule has 4 nitrogen and oxygen atoms in total. The lowest BCUT2D eigenvalue weighted by atomic mass is 9.81. The van der Waals surface area contributed by atoms with Gasteiger partial charge in [0.25, 0.3) is 0 Å². The summed E-state index contributed by atoms with van der Waals surface area (Å²) in [6, 6.07) is 64.6. The van der Waals surface area contributed by atoms with E-state index in [0.29, 0.717) is 17.5 Å². The molecule has 10 aromatic rings. The summed E-state index contributed by atoms with van der Waals surface area (Å²) in [5.41, 5.74) is 18.2. The van der Waals surface area contributed by atoms with E-state index in [1.165, 1.54) is 44.5 Å². The van der Waals surface area contributed by atoms with Gasteiger partial charge in [-0.15, -0.1) is 0 Å².